The molecule has 0 aliphatic rings. The van der Waals surface area contributed by atoms with E-state index in [0.717, 1.165) is 50.4 Å². The lowest BCUT2D eigenvalue weighted by Crippen LogP contribution is -2.47. The van der Waals surface area contributed by atoms with Crippen molar-refractivity contribution in [2.45, 2.75) is 188 Å². The van der Waals surface area contributed by atoms with Crippen LogP contribution < -0.4 is 10.6 Å². The third kappa shape index (κ3) is 29.3. The van der Waals surface area contributed by atoms with Gasteiger partial charge in [-0.2, -0.15) is 0 Å². The number of aliphatic hydroxyl groups excluding tert-OH is 1. The van der Waals surface area contributed by atoms with Crippen molar-refractivity contribution in [1.29, 1.82) is 0 Å². The van der Waals surface area contributed by atoms with Crippen LogP contribution in [0, 0.1) is 11.8 Å². The molecule has 0 fully saturated rings. The summed E-state index contributed by atoms with van der Waals surface area (Å²) in [5.74, 6) is -1.22. The van der Waals surface area contributed by atoms with E-state index in [4.69, 9.17) is 14.9 Å². The molecule has 0 rings (SSSR count). The molecule has 0 saturated carbocycles. The number of nitrogens with one attached hydrogen (secondary N) is 2. The Kier molecular flexibility index (Phi) is 28.8. The maximum Gasteiger partial charge on any atom is 0.328 e. The number of aliphatic hydroxyl groups is 1. The number of hydrogen-bond donors (Lipinski definition) is 4. The Morgan fingerprint density at radius 3 is 1.41 bits per heavy atom. The highest BCUT2D eigenvalue weighted by Crippen LogP contribution is 2.17. The largest absolute Gasteiger partial charge is 0.480 e. The Morgan fingerprint density at radius 2 is 1.00 bits per heavy atom. The molecule has 4 N–H and O–H groups in total. The molecule has 46 heavy (non-hydrogen) atoms. The van der Waals surface area contributed by atoms with Crippen molar-refractivity contribution in [3.05, 3.63) is 0 Å². The lowest BCUT2D eigenvalue weighted by atomic mass is 10.0. The predicted octanol–water partition coefficient (Wildman–Crippen LogP) is 7.86. The minimum Gasteiger partial charge on any atom is -0.480 e. The number of aliphatic carboxylic acids is 1. The third-order valence-corrected chi connectivity index (χ3v) is 8.44. The van der Waals surface area contributed by atoms with Crippen LogP contribution in [0.25, 0.3) is 0 Å². The molecule has 0 aromatic carbocycles. The first-order valence-corrected chi connectivity index (χ1v) is 18.6. The first kappa shape index (κ1) is 43.8. The van der Waals surface area contributed by atoms with E-state index in [1.165, 1.54) is 89.9 Å². The molecule has 0 unspecified atom stereocenters. The lowest BCUT2D eigenvalue weighted by Gasteiger charge is -2.18. The Bertz CT molecular complexity index is 788. The van der Waals surface area contributed by atoms with Crippen LogP contribution in [0.3, 0.4) is 0 Å². The summed E-state index contributed by atoms with van der Waals surface area (Å²) >= 11 is 0. The number of unbranched alkanes of at least 4 members (excludes halogenated alkanes) is 16. The molecule has 9 heteroatoms. The summed E-state index contributed by atoms with van der Waals surface area (Å²) in [5.41, 5.74) is 0. The van der Waals surface area contributed by atoms with Crippen LogP contribution in [0.4, 0.5) is 0 Å². The van der Waals surface area contributed by atoms with Crippen LogP contribution in [0.1, 0.15) is 175 Å². The molecule has 0 aromatic rings. The molecule has 0 saturated heterocycles. The zero-order valence-electron chi connectivity index (χ0n) is 29.9. The Labute approximate surface area is 280 Å². The van der Waals surface area contributed by atoms with E-state index in [9.17, 15) is 19.2 Å². The Morgan fingerprint density at radius 1 is 0.587 bits per heavy atom. The SMILES string of the molecule is CC(C)CCCCCCCCCCCC(=O)O[C@@H](CCCCCCCCCCCC(C)C)CC(=O)NCC(=O)N[C@H](CO)C(=O)O. The smallest absolute Gasteiger partial charge is 0.328 e. The maximum atomic E-state index is 12.6. The summed E-state index contributed by atoms with van der Waals surface area (Å²) in [4.78, 5) is 48.2. The first-order chi connectivity index (χ1) is 22.0. The van der Waals surface area contributed by atoms with Gasteiger partial charge in [-0.1, -0.05) is 143 Å². The number of carboxylic acids is 1. The minimum absolute atomic E-state index is 0.0467. The zero-order chi connectivity index (χ0) is 34.4. The van der Waals surface area contributed by atoms with E-state index >= 15 is 0 Å². The van der Waals surface area contributed by atoms with Gasteiger partial charge in [-0.25, -0.2) is 4.79 Å². The summed E-state index contributed by atoms with van der Waals surface area (Å²) in [5, 5.41) is 22.7. The first-order valence-electron chi connectivity index (χ1n) is 18.6. The number of ether oxygens (including phenoxy) is 1. The van der Waals surface area contributed by atoms with Crippen molar-refractivity contribution < 1.29 is 34.1 Å². The van der Waals surface area contributed by atoms with Crippen molar-refractivity contribution in [2.24, 2.45) is 11.8 Å². The van der Waals surface area contributed by atoms with Crippen LogP contribution in [-0.4, -0.2) is 59.3 Å². The fourth-order valence-electron chi connectivity index (χ4n) is 5.56. The van der Waals surface area contributed by atoms with Gasteiger partial charge in [0.25, 0.3) is 0 Å². The van der Waals surface area contributed by atoms with Crippen LogP contribution in [0.5, 0.6) is 0 Å². The maximum absolute atomic E-state index is 12.6. The van der Waals surface area contributed by atoms with E-state index < -0.39 is 43.1 Å². The molecule has 270 valence electrons. The second kappa shape index (κ2) is 30.2. The molecule has 0 aliphatic carbocycles. The van der Waals surface area contributed by atoms with E-state index in [2.05, 4.69) is 38.3 Å². The van der Waals surface area contributed by atoms with Gasteiger partial charge < -0.3 is 25.6 Å². The Hall–Kier alpha value is -2.16. The van der Waals surface area contributed by atoms with Gasteiger partial charge in [0.15, 0.2) is 0 Å². The van der Waals surface area contributed by atoms with Crippen LogP contribution >= 0.6 is 0 Å². The highest BCUT2D eigenvalue weighted by Gasteiger charge is 2.21. The molecule has 9 nitrogen and oxygen atoms in total. The van der Waals surface area contributed by atoms with Gasteiger partial charge in [-0.3, -0.25) is 14.4 Å². The van der Waals surface area contributed by atoms with Gasteiger partial charge >= 0.3 is 11.9 Å². The topological polar surface area (TPSA) is 142 Å². The number of carbonyl (C=O) groups is 4. The molecular weight excluding hydrogens is 584 g/mol. The standard InChI is InChI=1S/C37H70N2O7/c1-30(2)23-19-15-11-7-5-9-13-17-21-25-32(27-34(41)38-28-35(42)39-33(29-40)37(44)45)46-36(43)26-22-18-14-10-6-8-12-16-20-24-31(3)4/h30-33,40H,5-29H2,1-4H3,(H,38,41)(H,39,42)(H,44,45)/t32-,33+/m0/s1. The monoisotopic (exact) mass is 655 g/mol. The fourth-order valence-corrected chi connectivity index (χ4v) is 5.56. The zero-order valence-corrected chi connectivity index (χ0v) is 29.9. The van der Waals surface area contributed by atoms with Gasteiger partial charge in [-0.15, -0.1) is 0 Å². The molecule has 2 atom stereocenters. The van der Waals surface area contributed by atoms with Gasteiger partial charge in [-0.05, 0) is 31.1 Å². The van der Waals surface area contributed by atoms with Gasteiger partial charge in [0, 0.05) is 6.42 Å². The van der Waals surface area contributed by atoms with Crippen molar-refractivity contribution in [1.82, 2.24) is 10.6 Å². The highest BCUT2D eigenvalue weighted by molar-refractivity contribution is 5.88. The van der Waals surface area contributed by atoms with Crippen LogP contribution in [0.15, 0.2) is 0 Å². The Balaban J connectivity index is 4.43. The van der Waals surface area contributed by atoms with E-state index in [-0.39, 0.29) is 12.4 Å². The summed E-state index contributed by atoms with van der Waals surface area (Å²) in [6.07, 6.45) is 24.1. The molecule has 2 amide bonds. The average molecular weight is 655 g/mol. The summed E-state index contributed by atoms with van der Waals surface area (Å²) < 4.78 is 5.73. The molecular formula is C37H70N2O7. The molecule has 0 radical (unpaired) electrons. The van der Waals surface area contributed by atoms with Crippen molar-refractivity contribution >= 4 is 23.8 Å². The number of carbonyl (C=O) groups excluding carboxylic acids is 3. The molecule has 0 aromatic heterocycles. The molecule has 0 heterocycles. The third-order valence-electron chi connectivity index (χ3n) is 8.44. The van der Waals surface area contributed by atoms with E-state index in [1.54, 1.807) is 0 Å². The van der Waals surface area contributed by atoms with Crippen molar-refractivity contribution in [2.75, 3.05) is 13.2 Å². The average Bonchev–Trinajstić information content (AvgIpc) is 2.99. The minimum atomic E-state index is -1.43. The van der Waals surface area contributed by atoms with Crippen LogP contribution in [-0.2, 0) is 23.9 Å². The summed E-state index contributed by atoms with van der Waals surface area (Å²) in [7, 11) is 0. The summed E-state index contributed by atoms with van der Waals surface area (Å²) in [6.45, 7) is 7.93. The molecule has 0 spiro atoms. The number of rotatable bonds is 32. The van der Waals surface area contributed by atoms with Gasteiger partial charge in [0.2, 0.25) is 11.8 Å². The quantitative estimate of drug-likeness (QED) is 0.0427. The van der Waals surface area contributed by atoms with Crippen LogP contribution in [0.2, 0.25) is 0 Å². The van der Waals surface area contributed by atoms with E-state index in [0.29, 0.717) is 12.8 Å². The summed E-state index contributed by atoms with van der Waals surface area (Å²) in [6, 6.07) is -1.43. The number of hydrogen-bond acceptors (Lipinski definition) is 6. The van der Waals surface area contributed by atoms with Crippen molar-refractivity contribution in [3.8, 4) is 0 Å². The highest BCUT2D eigenvalue weighted by atomic mass is 16.5. The second-order valence-electron chi connectivity index (χ2n) is 14.0. The number of esters is 1. The van der Waals surface area contributed by atoms with Gasteiger partial charge in [0.1, 0.15) is 12.1 Å². The number of carboxylic acid groups (broad SMARTS) is 1. The molecule has 0 bridgehead atoms. The second-order valence-corrected chi connectivity index (χ2v) is 14.0. The normalized spacial score (nSPS) is 12.7. The lowest BCUT2D eigenvalue weighted by molar-refractivity contribution is -0.151. The molecule has 0 aliphatic heterocycles. The fraction of sp³-hybridized carbons (Fsp3) is 0.892. The van der Waals surface area contributed by atoms with Gasteiger partial charge in [0.05, 0.1) is 19.6 Å². The number of amides is 2. The van der Waals surface area contributed by atoms with Crippen molar-refractivity contribution in [3.63, 3.8) is 0 Å². The predicted molar refractivity (Wildman–Crippen MR) is 185 cm³/mol. The van der Waals surface area contributed by atoms with E-state index in [1.807, 2.05) is 0 Å².